The van der Waals surface area contributed by atoms with Crippen LogP contribution in [0.5, 0.6) is 11.5 Å². The lowest BCUT2D eigenvalue weighted by Crippen LogP contribution is -2.23. The van der Waals surface area contributed by atoms with E-state index in [1.54, 1.807) is 21.0 Å². The SMILES string of the molecule is CCOc1ccc(CNC(=O)c2c(C)noc2C)cc1OC. The number of nitrogens with zero attached hydrogens (tertiary/aromatic N) is 1. The van der Waals surface area contributed by atoms with Gasteiger partial charge in [-0.15, -0.1) is 0 Å². The Morgan fingerprint density at radius 3 is 2.68 bits per heavy atom. The van der Waals surface area contributed by atoms with Gasteiger partial charge in [0.1, 0.15) is 11.3 Å². The van der Waals surface area contributed by atoms with E-state index in [0.717, 1.165) is 5.56 Å². The van der Waals surface area contributed by atoms with Crippen molar-refractivity contribution in [1.29, 1.82) is 0 Å². The summed E-state index contributed by atoms with van der Waals surface area (Å²) in [4.78, 5) is 12.2. The zero-order chi connectivity index (χ0) is 16.1. The minimum atomic E-state index is -0.205. The van der Waals surface area contributed by atoms with Crippen LogP contribution in [0.4, 0.5) is 0 Å². The first kappa shape index (κ1) is 15.9. The second-order valence-electron chi connectivity index (χ2n) is 4.80. The third kappa shape index (κ3) is 3.39. The lowest BCUT2D eigenvalue weighted by molar-refractivity contribution is 0.0949. The van der Waals surface area contributed by atoms with E-state index in [9.17, 15) is 4.79 Å². The Morgan fingerprint density at radius 1 is 1.32 bits per heavy atom. The predicted octanol–water partition coefficient (Wildman–Crippen LogP) is 2.63. The molecule has 6 heteroatoms. The van der Waals surface area contributed by atoms with E-state index >= 15 is 0 Å². The molecule has 0 spiro atoms. The van der Waals surface area contributed by atoms with Crippen molar-refractivity contribution in [3.8, 4) is 11.5 Å². The number of carbonyl (C=O) groups excluding carboxylic acids is 1. The maximum atomic E-state index is 12.2. The number of aryl methyl sites for hydroxylation is 2. The number of carbonyl (C=O) groups is 1. The molecule has 1 aromatic heterocycles. The van der Waals surface area contributed by atoms with Gasteiger partial charge in [-0.1, -0.05) is 11.2 Å². The predicted molar refractivity (Wildman–Crippen MR) is 81.3 cm³/mol. The monoisotopic (exact) mass is 304 g/mol. The Morgan fingerprint density at radius 2 is 2.09 bits per heavy atom. The van der Waals surface area contributed by atoms with Crippen LogP contribution in [0, 0.1) is 13.8 Å². The maximum absolute atomic E-state index is 12.2. The summed E-state index contributed by atoms with van der Waals surface area (Å²) in [6, 6.07) is 5.57. The standard InChI is InChI=1S/C16H20N2O4/c1-5-21-13-7-6-12(8-14(13)20-4)9-17-16(19)15-10(2)18-22-11(15)3/h6-8H,5,9H2,1-4H3,(H,17,19). The number of hydrogen-bond donors (Lipinski definition) is 1. The van der Waals surface area contributed by atoms with Crippen molar-refractivity contribution in [2.45, 2.75) is 27.3 Å². The number of ether oxygens (including phenoxy) is 2. The number of amides is 1. The Balaban J connectivity index is 2.07. The van der Waals surface area contributed by atoms with Gasteiger partial charge in [0.25, 0.3) is 5.91 Å². The van der Waals surface area contributed by atoms with Crippen LogP contribution in [0.15, 0.2) is 22.7 Å². The average Bonchev–Trinajstić information content (AvgIpc) is 2.85. The zero-order valence-electron chi connectivity index (χ0n) is 13.2. The van der Waals surface area contributed by atoms with E-state index in [1.165, 1.54) is 0 Å². The molecule has 2 rings (SSSR count). The number of nitrogens with one attached hydrogen (secondary N) is 1. The van der Waals surface area contributed by atoms with Gasteiger partial charge in [-0.3, -0.25) is 4.79 Å². The molecule has 0 fully saturated rings. The minimum absolute atomic E-state index is 0.205. The number of aromatic nitrogens is 1. The van der Waals surface area contributed by atoms with Crippen LogP contribution in [0.1, 0.15) is 34.3 Å². The highest BCUT2D eigenvalue weighted by Gasteiger charge is 2.17. The van der Waals surface area contributed by atoms with E-state index in [4.69, 9.17) is 14.0 Å². The third-order valence-electron chi connectivity index (χ3n) is 3.24. The Labute approximate surface area is 129 Å². The van der Waals surface area contributed by atoms with Crippen molar-refractivity contribution < 1.29 is 18.8 Å². The van der Waals surface area contributed by atoms with Crippen molar-refractivity contribution >= 4 is 5.91 Å². The van der Waals surface area contributed by atoms with Crippen molar-refractivity contribution in [2.24, 2.45) is 0 Å². The van der Waals surface area contributed by atoms with Crippen LogP contribution in [0.25, 0.3) is 0 Å². The number of benzene rings is 1. The van der Waals surface area contributed by atoms with E-state index in [2.05, 4.69) is 10.5 Å². The molecule has 22 heavy (non-hydrogen) atoms. The number of methoxy groups -OCH3 is 1. The highest BCUT2D eigenvalue weighted by atomic mass is 16.5. The van der Waals surface area contributed by atoms with Gasteiger partial charge >= 0.3 is 0 Å². The summed E-state index contributed by atoms with van der Waals surface area (Å²) < 4.78 is 15.8. The summed E-state index contributed by atoms with van der Waals surface area (Å²) in [6.07, 6.45) is 0. The molecule has 0 bridgehead atoms. The van der Waals surface area contributed by atoms with Crippen LogP contribution < -0.4 is 14.8 Å². The molecular formula is C16H20N2O4. The van der Waals surface area contributed by atoms with Crippen molar-refractivity contribution in [3.63, 3.8) is 0 Å². The number of hydrogen-bond acceptors (Lipinski definition) is 5. The molecule has 0 radical (unpaired) electrons. The van der Waals surface area contributed by atoms with E-state index < -0.39 is 0 Å². The van der Waals surface area contributed by atoms with Crippen molar-refractivity contribution in [2.75, 3.05) is 13.7 Å². The Bertz CT molecular complexity index is 645. The molecule has 6 nitrogen and oxygen atoms in total. The summed E-state index contributed by atoms with van der Waals surface area (Å²) in [7, 11) is 1.59. The fraction of sp³-hybridized carbons (Fsp3) is 0.375. The van der Waals surface area contributed by atoms with Gasteiger partial charge in [0.2, 0.25) is 0 Å². The normalized spacial score (nSPS) is 10.4. The first-order valence-electron chi connectivity index (χ1n) is 7.07. The molecular weight excluding hydrogens is 284 g/mol. The van der Waals surface area contributed by atoms with Gasteiger partial charge in [0.05, 0.1) is 19.4 Å². The highest BCUT2D eigenvalue weighted by Crippen LogP contribution is 2.28. The van der Waals surface area contributed by atoms with Gasteiger partial charge in [-0.25, -0.2) is 0 Å². The largest absolute Gasteiger partial charge is 0.493 e. The summed E-state index contributed by atoms with van der Waals surface area (Å²) >= 11 is 0. The summed E-state index contributed by atoms with van der Waals surface area (Å²) in [5.74, 6) is 1.64. The fourth-order valence-corrected chi connectivity index (χ4v) is 2.17. The van der Waals surface area contributed by atoms with E-state index in [-0.39, 0.29) is 5.91 Å². The maximum Gasteiger partial charge on any atom is 0.257 e. The van der Waals surface area contributed by atoms with Crippen LogP contribution >= 0.6 is 0 Å². The van der Waals surface area contributed by atoms with E-state index in [1.807, 2.05) is 25.1 Å². The second kappa shape index (κ2) is 6.98. The molecule has 118 valence electrons. The molecule has 0 saturated heterocycles. The lowest BCUT2D eigenvalue weighted by atomic mass is 10.1. The van der Waals surface area contributed by atoms with Gasteiger partial charge in [-0.05, 0) is 38.5 Å². The van der Waals surface area contributed by atoms with E-state index in [0.29, 0.717) is 41.7 Å². The lowest BCUT2D eigenvalue weighted by Gasteiger charge is -2.11. The quantitative estimate of drug-likeness (QED) is 0.888. The summed E-state index contributed by atoms with van der Waals surface area (Å²) in [6.45, 7) is 6.32. The molecule has 1 amide bonds. The van der Waals surface area contributed by atoms with Crippen LogP contribution in [0.2, 0.25) is 0 Å². The summed E-state index contributed by atoms with van der Waals surface area (Å²) in [5.41, 5.74) is 1.98. The molecule has 2 aromatic rings. The van der Waals surface area contributed by atoms with Crippen molar-refractivity contribution in [3.05, 3.63) is 40.8 Å². The van der Waals surface area contributed by atoms with Crippen molar-refractivity contribution in [1.82, 2.24) is 10.5 Å². The topological polar surface area (TPSA) is 73.6 Å². The molecule has 0 aliphatic rings. The number of rotatable bonds is 6. The van der Waals surface area contributed by atoms with Gasteiger partial charge in [-0.2, -0.15) is 0 Å². The minimum Gasteiger partial charge on any atom is -0.493 e. The average molecular weight is 304 g/mol. The van der Waals surface area contributed by atoms with Gasteiger partial charge in [0, 0.05) is 6.54 Å². The van der Waals surface area contributed by atoms with Crippen LogP contribution in [0.3, 0.4) is 0 Å². The third-order valence-corrected chi connectivity index (χ3v) is 3.24. The Hall–Kier alpha value is -2.50. The van der Waals surface area contributed by atoms with Crippen LogP contribution in [-0.4, -0.2) is 24.8 Å². The second-order valence-corrected chi connectivity index (χ2v) is 4.80. The first-order valence-corrected chi connectivity index (χ1v) is 7.07. The molecule has 1 N–H and O–H groups in total. The molecule has 0 atom stereocenters. The molecule has 1 aromatic carbocycles. The van der Waals surface area contributed by atoms with Gasteiger partial charge in [0.15, 0.2) is 11.5 Å². The molecule has 0 aliphatic carbocycles. The molecule has 1 heterocycles. The molecule has 0 aliphatic heterocycles. The van der Waals surface area contributed by atoms with Crippen LogP contribution in [-0.2, 0) is 6.54 Å². The zero-order valence-corrected chi connectivity index (χ0v) is 13.2. The smallest absolute Gasteiger partial charge is 0.257 e. The van der Waals surface area contributed by atoms with Gasteiger partial charge < -0.3 is 19.3 Å². The first-order chi connectivity index (χ1) is 10.6. The fourth-order valence-electron chi connectivity index (χ4n) is 2.17. The molecule has 0 unspecified atom stereocenters. The highest BCUT2D eigenvalue weighted by molar-refractivity contribution is 5.96. The Kier molecular flexibility index (Phi) is 5.04. The molecule has 0 saturated carbocycles. The summed E-state index contributed by atoms with van der Waals surface area (Å²) in [5, 5.41) is 6.63.